The molecule has 3 rings (SSSR count). The van der Waals surface area contributed by atoms with Crippen LogP contribution in [0.2, 0.25) is 0 Å². The first kappa shape index (κ1) is 29.1. The highest BCUT2D eigenvalue weighted by molar-refractivity contribution is 5.81. The van der Waals surface area contributed by atoms with E-state index in [1.807, 2.05) is 42.5 Å². The van der Waals surface area contributed by atoms with Crippen molar-refractivity contribution >= 4 is 18.0 Å². The topological polar surface area (TPSA) is 168 Å². The quantitative estimate of drug-likeness (QED) is 0.278. The van der Waals surface area contributed by atoms with E-state index < -0.39 is 42.1 Å². The van der Waals surface area contributed by atoms with Gasteiger partial charge >= 0.3 is 18.0 Å². The van der Waals surface area contributed by atoms with Gasteiger partial charge < -0.3 is 35.8 Å². The second-order valence-electron chi connectivity index (χ2n) is 9.96. The number of carbonyl (C=O) groups excluding carboxylic acids is 1. The summed E-state index contributed by atoms with van der Waals surface area (Å²) in [6.45, 7) is 6.82. The molecular weight excluding hydrogens is 492 g/mol. The number of aliphatic hydroxyl groups excluding tert-OH is 1. The summed E-state index contributed by atoms with van der Waals surface area (Å²) in [7, 11) is 0. The number of carboxylic acid groups (broad SMARTS) is 2. The Kier molecular flexibility index (Phi) is 9.48. The van der Waals surface area contributed by atoms with E-state index >= 15 is 0 Å². The molecule has 0 aromatic heterocycles. The first-order valence-electron chi connectivity index (χ1n) is 12.6. The van der Waals surface area contributed by atoms with Crippen LogP contribution in [0.1, 0.15) is 50.3 Å². The predicted octanol–water partition coefficient (Wildman–Crippen LogP) is 2.95. The third-order valence-corrected chi connectivity index (χ3v) is 7.43. The number of rotatable bonds is 12. The zero-order chi connectivity index (χ0) is 28.1. The Morgan fingerprint density at radius 2 is 1.61 bits per heavy atom. The maximum Gasteiger partial charge on any atom is 0.407 e. The van der Waals surface area contributed by atoms with Gasteiger partial charge in [0.15, 0.2) is 0 Å². The van der Waals surface area contributed by atoms with Gasteiger partial charge in [0, 0.05) is 17.8 Å². The molecule has 206 valence electrons. The Morgan fingerprint density at radius 1 is 0.947 bits per heavy atom. The van der Waals surface area contributed by atoms with Gasteiger partial charge in [0.2, 0.25) is 0 Å². The smallest absolute Gasteiger partial charge is 0.407 e. The van der Waals surface area contributed by atoms with Crippen LogP contribution < -0.4 is 11.1 Å². The van der Waals surface area contributed by atoms with Crippen molar-refractivity contribution in [2.75, 3.05) is 6.61 Å². The van der Waals surface area contributed by atoms with Gasteiger partial charge in [-0.3, -0.25) is 4.79 Å². The van der Waals surface area contributed by atoms with Crippen LogP contribution in [0.25, 0.3) is 11.1 Å². The number of hydrogen-bond acceptors (Lipinski definition) is 7. The number of ether oxygens (including phenoxy) is 2. The number of amides is 1. The average Bonchev–Trinajstić information content (AvgIpc) is 3.20. The summed E-state index contributed by atoms with van der Waals surface area (Å²) in [5, 5.41) is 30.7. The lowest BCUT2D eigenvalue weighted by atomic mass is 9.96. The van der Waals surface area contributed by atoms with Gasteiger partial charge in [-0.25, -0.2) is 9.59 Å². The third kappa shape index (κ3) is 6.50. The van der Waals surface area contributed by atoms with E-state index in [0.29, 0.717) is 0 Å². The number of nitrogens with one attached hydrogen (secondary N) is 1. The van der Waals surface area contributed by atoms with Crippen molar-refractivity contribution < 1.29 is 39.2 Å². The number of aliphatic carboxylic acids is 2. The van der Waals surface area contributed by atoms with Crippen LogP contribution in [0.5, 0.6) is 0 Å². The monoisotopic (exact) mass is 528 g/mol. The molecule has 0 bridgehead atoms. The second-order valence-corrected chi connectivity index (χ2v) is 9.96. The molecule has 10 heteroatoms. The summed E-state index contributed by atoms with van der Waals surface area (Å²) in [6.07, 6.45) is -2.17. The lowest BCUT2D eigenvalue weighted by Crippen LogP contribution is -2.48. The highest BCUT2D eigenvalue weighted by Gasteiger charge is 2.33. The molecule has 38 heavy (non-hydrogen) atoms. The highest BCUT2D eigenvalue weighted by Crippen LogP contribution is 2.45. The Balaban J connectivity index is 1.72. The SMILES string of the molecule is C[C@@H]([C@@H](C)OCc1ccc2c(c1)-c1ccccc1C2COC(=O)N[C@@H](C(=O)O)[C@@H](C)[C@H](C)O)[C@@H](N)C(=O)O. The number of hydrogen-bond donors (Lipinski definition) is 5. The fourth-order valence-electron chi connectivity index (χ4n) is 4.54. The van der Waals surface area contributed by atoms with Crippen LogP contribution in [0.4, 0.5) is 4.79 Å². The van der Waals surface area contributed by atoms with Crippen molar-refractivity contribution in [3.8, 4) is 11.1 Å². The van der Waals surface area contributed by atoms with Crippen molar-refractivity contribution in [2.45, 2.75) is 64.5 Å². The number of nitrogens with two attached hydrogens (primary N) is 1. The van der Waals surface area contributed by atoms with Gasteiger partial charge in [-0.15, -0.1) is 0 Å². The molecule has 10 nitrogen and oxygen atoms in total. The van der Waals surface area contributed by atoms with Crippen LogP contribution in [-0.2, 0) is 25.7 Å². The van der Waals surface area contributed by atoms with Crippen LogP contribution in [0.3, 0.4) is 0 Å². The van der Waals surface area contributed by atoms with Crippen molar-refractivity contribution in [1.82, 2.24) is 5.32 Å². The molecule has 1 unspecified atom stereocenters. The van der Waals surface area contributed by atoms with E-state index in [1.165, 1.54) is 13.8 Å². The van der Waals surface area contributed by atoms with E-state index in [4.69, 9.17) is 20.3 Å². The second kappa shape index (κ2) is 12.4. The molecule has 1 amide bonds. The summed E-state index contributed by atoms with van der Waals surface area (Å²) < 4.78 is 11.4. The van der Waals surface area contributed by atoms with E-state index in [1.54, 1.807) is 13.8 Å². The molecule has 0 saturated heterocycles. The minimum atomic E-state index is -1.29. The Morgan fingerprint density at radius 3 is 2.24 bits per heavy atom. The fraction of sp³-hybridized carbons (Fsp3) is 0.464. The fourth-order valence-corrected chi connectivity index (χ4v) is 4.54. The van der Waals surface area contributed by atoms with Crippen molar-refractivity contribution in [2.24, 2.45) is 17.6 Å². The summed E-state index contributed by atoms with van der Waals surface area (Å²) in [5.74, 6) is -3.65. The van der Waals surface area contributed by atoms with Crippen molar-refractivity contribution in [1.29, 1.82) is 0 Å². The van der Waals surface area contributed by atoms with Gasteiger partial charge in [0.05, 0.1) is 18.8 Å². The summed E-state index contributed by atoms with van der Waals surface area (Å²) >= 11 is 0. The van der Waals surface area contributed by atoms with Gasteiger partial charge in [0.1, 0.15) is 18.7 Å². The molecule has 7 atom stereocenters. The summed E-state index contributed by atoms with van der Waals surface area (Å²) in [5.41, 5.74) is 10.6. The standard InChI is InChI=1S/C28H36N2O8/c1-14(16(3)31)25(27(34)35)30-28(36)38-13-23-20-8-6-5-7-19(20)22-11-18(9-10-21(22)23)12-37-17(4)15(2)24(29)26(32)33/h5-11,14-17,23-25,31H,12-13,29H2,1-4H3,(H,30,36)(H,32,33)(H,34,35)/t14-,15-,16-,17+,23?,24+,25+/m0/s1. The lowest BCUT2D eigenvalue weighted by molar-refractivity contribution is -0.142. The van der Waals surface area contributed by atoms with Gasteiger partial charge in [0.25, 0.3) is 0 Å². The van der Waals surface area contributed by atoms with Crippen molar-refractivity contribution in [3.63, 3.8) is 0 Å². The zero-order valence-corrected chi connectivity index (χ0v) is 22.0. The van der Waals surface area contributed by atoms with Crippen LogP contribution in [0.15, 0.2) is 42.5 Å². The lowest BCUT2D eigenvalue weighted by Gasteiger charge is -2.24. The van der Waals surface area contributed by atoms with Crippen LogP contribution in [-0.4, -0.2) is 64.2 Å². The van der Waals surface area contributed by atoms with Crippen LogP contribution in [0, 0.1) is 11.8 Å². The Hall–Kier alpha value is -3.47. The molecular formula is C28H36N2O8. The predicted molar refractivity (Wildman–Crippen MR) is 139 cm³/mol. The number of carbonyl (C=O) groups is 3. The third-order valence-electron chi connectivity index (χ3n) is 7.43. The van der Waals surface area contributed by atoms with Gasteiger partial charge in [-0.2, -0.15) is 0 Å². The number of aliphatic hydroxyl groups is 1. The molecule has 2 aromatic carbocycles. The summed E-state index contributed by atoms with van der Waals surface area (Å²) in [6, 6.07) is 11.3. The first-order chi connectivity index (χ1) is 17.9. The maximum atomic E-state index is 12.5. The highest BCUT2D eigenvalue weighted by atomic mass is 16.5. The minimum absolute atomic E-state index is 0.00270. The molecule has 1 aliphatic rings. The number of carboxylic acids is 2. The minimum Gasteiger partial charge on any atom is -0.480 e. The molecule has 2 aromatic rings. The van der Waals surface area contributed by atoms with Gasteiger partial charge in [-0.1, -0.05) is 50.2 Å². The molecule has 0 fully saturated rings. The number of fused-ring (bicyclic) bond motifs is 3. The molecule has 0 heterocycles. The molecule has 0 radical (unpaired) electrons. The Bertz CT molecular complexity index is 1170. The molecule has 6 N–H and O–H groups in total. The van der Waals surface area contributed by atoms with Gasteiger partial charge in [-0.05, 0) is 47.7 Å². The Labute approximate surface area is 221 Å². The normalized spacial score (nSPS) is 18.7. The van der Waals surface area contributed by atoms with Crippen LogP contribution >= 0.6 is 0 Å². The maximum absolute atomic E-state index is 12.5. The number of benzene rings is 2. The number of alkyl carbamates (subject to hydrolysis) is 1. The first-order valence-corrected chi connectivity index (χ1v) is 12.6. The summed E-state index contributed by atoms with van der Waals surface area (Å²) in [4.78, 5) is 35.2. The molecule has 0 aliphatic heterocycles. The molecule has 0 saturated carbocycles. The molecule has 1 aliphatic carbocycles. The van der Waals surface area contributed by atoms with Crippen molar-refractivity contribution in [3.05, 3.63) is 59.2 Å². The molecule has 0 spiro atoms. The zero-order valence-electron chi connectivity index (χ0n) is 22.0. The average molecular weight is 529 g/mol. The largest absolute Gasteiger partial charge is 0.480 e. The van der Waals surface area contributed by atoms with E-state index in [-0.39, 0.29) is 31.2 Å². The van der Waals surface area contributed by atoms with E-state index in [0.717, 1.165) is 27.8 Å². The van der Waals surface area contributed by atoms with E-state index in [2.05, 4.69) is 5.32 Å². The van der Waals surface area contributed by atoms with E-state index in [9.17, 15) is 24.6 Å².